The first-order valence-corrected chi connectivity index (χ1v) is 8.88. The number of aromatic hydroxyl groups is 1. The molecule has 3 heterocycles. The summed E-state index contributed by atoms with van der Waals surface area (Å²) < 4.78 is 5.47. The van der Waals surface area contributed by atoms with Crippen molar-refractivity contribution in [2.24, 2.45) is 0 Å². The van der Waals surface area contributed by atoms with Crippen molar-refractivity contribution in [2.75, 3.05) is 13.7 Å². The van der Waals surface area contributed by atoms with Gasteiger partial charge in [-0.15, -0.1) is 0 Å². The minimum atomic E-state index is 0.235. The number of H-pyrrole nitrogens is 1. The predicted octanol–water partition coefficient (Wildman–Crippen LogP) is 3.85. The maximum Gasteiger partial charge on any atom is 0.165 e. The van der Waals surface area contributed by atoms with E-state index in [4.69, 9.17) is 4.74 Å². The van der Waals surface area contributed by atoms with Crippen molar-refractivity contribution >= 4 is 10.9 Å². The van der Waals surface area contributed by atoms with E-state index in [1.54, 1.807) is 13.2 Å². The van der Waals surface area contributed by atoms with Crippen LogP contribution < -0.4 is 4.74 Å². The number of aryl methyl sites for hydroxylation is 1. The van der Waals surface area contributed by atoms with Gasteiger partial charge in [0.2, 0.25) is 0 Å². The van der Waals surface area contributed by atoms with Gasteiger partial charge in [0.05, 0.1) is 13.2 Å². The zero-order chi connectivity index (χ0) is 17.1. The van der Waals surface area contributed by atoms with Gasteiger partial charge in [-0.05, 0) is 48.6 Å². The lowest BCUT2D eigenvalue weighted by molar-refractivity contribution is 0.155. The van der Waals surface area contributed by atoms with Crippen LogP contribution in [0.5, 0.6) is 11.5 Å². The molecule has 2 aliphatic rings. The Morgan fingerprint density at radius 2 is 2.08 bits per heavy atom. The number of benzene rings is 2. The Morgan fingerprint density at radius 3 is 2.92 bits per heavy atom. The maximum atomic E-state index is 10.1. The number of phenols is 1. The highest BCUT2D eigenvalue weighted by Crippen LogP contribution is 2.44. The first-order chi connectivity index (χ1) is 12.2. The lowest BCUT2D eigenvalue weighted by Crippen LogP contribution is -2.39. The molecular weight excluding hydrogens is 312 g/mol. The number of aromatic amines is 1. The summed E-state index contributed by atoms with van der Waals surface area (Å²) in [5.74, 6) is 0.868. The number of phenolic OH excluding ortho intramolecular Hbond substituents is 1. The van der Waals surface area contributed by atoms with Crippen molar-refractivity contribution in [3.8, 4) is 11.5 Å². The molecule has 0 aliphatic carbocycles. The van der Waals surface area contributed by atoms with Crippen molar-refractivity contribution < 1.29 is 9.84 Å². The topological polar surface area (TPSA) is 48.5 Å². The van der Waals surface area contributed by atoms with E-state index in [9.17, 15) is 5.11 Å². The van der Waals surface area contributed by atoms with E-state index in [1.807, 2.05) is 6.07 Å². The van der Waals surface area contributed by atoms with Crippen LogP contribution in [-0.2, 0) is 19.4 Å². The molecule has 4 heteroatoms. The molecule has 0 spiro atoms. The van der Waals surface area contributed by atoms with Crippen LogP contribution in [-0.4, -0.2) is 28.6 Å². The Kier molecular flexibility index (Phi) is 3.13. The number of aromatic nitrogens is 1. The van der Waals surface area contributed by atoms with E-state index >= 15 is 0 Å². The zero-order valence-corrected chi connectivity index (χ0v) is 14.6. The third-order valence-corrected chi connectivity index (χ3v) is 5.83. The van der Waals surface area contributed by atoms with Gasteiger partial charge < -0.3 is 14.8 Å². The molecule has 3 aromatic rings. The highest BCUT2D eigenvalue weighted by Gasteiger charge is 2.35. The number of rotatable bonds is 1. The van der Waals surface area contributed by atoms with Crippen LogP contribution in [0, 0.1) is 6.92 Å². The van der Waals surface area contributed by atoms with Crippen LogP contribution in [0.4, 0.5) is 0 Å². The van der Waals surface area contributed by atoms with E-state index in [-0.39, 0.29) is 5.75 Å². The molecule has 1 atom stereocenters. The summed E-state index contributed by atoms with van der Waals surface area (Å²) in [6, 6.07) is 10.9. The van der Waals surface area contributed by atoms with Gasteiger partial charge in [-0.3, -0.25) is 4.90 Å². The maximum absolute atomic E-state index is 10.1. The molecule has 0 bridgehead atoms. The molecule has 0 saturated carbocycles. The summed E-state index contributed by atoms with van der Waals surface area (Å²) in [6.07, 6.45) is 2.01. The number of ether oxygens (including phenoxy) is 1. The van der Waals surface area contributed by atoms with E-state index in [0.717, 1.165) is 31.5 Å². The summed E-state index contributed by atoms with van der Waals surface area (Å²) in [6.45, 7) is 4.00. The highest BCUT2D eigenvalue weighted by atomic mass is 16.5. The quantitative estimate of drug-likeness (QED) is 0.711. The summed E-state index contributed by atoms with van der Waals surface area (Å²) in [5.41, 5.74) is 7.79. The van der Waals surface area contributed by atoms with E-state index in [0.29, 0.717) is 11.8 Å². The number of nitrogens with zero attached hydrogens (tertiary/aromatic N) is 1. The van der Waals surface area contributed by atoms with Gasteiger partial charge in [0.1, 0.15) is 0 Å². The van der Waals surface area contributed by atoms with Crippen LogP contribution in [0.25, 0.3) is 10.9 Å². The number of nitrogens with one attached hydrogen (secondary N) is 1. The van der Waals surface area contributed by atoms with Crippen molar-refractivity contribution in [3.63, 3.8) is 0 Å². The Bertz CT molecular complexity index is 989. The standard InChI is InChI=1S/C21H22N2O2/c1-12-3-5-14-15-7-8-23-11-16-13(4-6-19(24)21(16)25-2)10-18(23)20(15)22-17(14)9-12/h3-6,9,18,22,24H,7-8,10-11H2,1-2H3. The summed E-state index contributed by atoms with van der Waals surface area (Å²) in [4.78, 5) is 6.21. The second kappa shape index (κ2) is 5.27. The first-order valence-electron chi connectivity index (χ1n) is 8.88. The van der Waals surface area contributed by atoms with Gasteiger partial charge in [-0.1, -0.05) is 18.2 Å². The first kappa shape index (κ1) is 14.8. The van der Waals surface area contributed by atoms with Gasteiger partial charge >= 0.3 is 0 Å². The summed E-state index contributed by atoms with van der Waals surface area (Å²) >= 11 is 0. The third-order valence-electron chi connectivity index (χ3n) is 5.83. The van der Waals surface area contributed by atoms with Gasteiger partial charge in [0, 0.05) is 35.2 Å². The molecule has 1 aromatic heterocycles. The van der Waals surface area contributed by atoms with E-state index in [2.05, 4.69) is 35.0 Å². The monoisotopic (exact) mass is 334 g/mol. The SMILES string of the molecule is COc1c(O)ccc2c1CN1CCc3c([nH]c4cc(C)ccc34)C1C2. The van der Waals surface area contributed by atoms with Crippen LogP contribution in [0.2, 0.25) is 0 Å². The number of fused-ring (bicyclic) bond motifs is 6. The number of hydrogen-bond acceptors (Lipinski definition) is 3. The normalized spacial score (nSPS) is 19.4. The lowest BCUT2D eigenvalue weighted by atomic mass is 9.86. The molecule has 5 rings (SSSR count). The second-order valence-electron chi connectivity index (χ2n) is 7.26. The fraction of sp³-hybridized carbons (Fsp3) is 0.333. The summed E-state index contributed by atoms with van der Waals surface area (Å²) in [5, 5.41) is 11.5. The fourth-order valence-electron chi connectivity index (χ4n) is 4.62. The average molecular weight is 334 g/mol. The molecule has 0 fully saturated rings. The summed E-state index contributed by atoms with van der Waals surface area (Å²) in [7, 11) is 1.63. The molecule has 25 heavy (non-hydrogen) atoms. The van der Waals surface area contributed by atoms with Crippen LogP contribution in [0.15, 0.2) is 30.3 Å². The minimum absolute atomic E-state index is 0.235. The molecule has 0 radical (unpaired) electrons. The Balaban J connectivity index is 1.63. The molecule has 4 nitrogen and oxygen atoms in total. The largest absolute Gasteiger partial charge is 0.504 e. The lowest BCUT2D eigenvalue weighted by Gasteiger charge is -2.40. The van der Waals surface area contributed by atoms with Gasteiger partial charge in [0.25, 0.3) is 0 Å². The van der Waals surface area contributed by atoms with E-state index in [1.165, 1.54) is 33.3 Å². The molecule has 0 saturated heterocycles. The number of hydrogen-bond donors (Lipinski definition) is 2. The van der Waals surface area contributed by atoms with Crippen molar-refractivity contribution in [2.45, 2.75) is 32.4 Å². The van der Waals surface area contributed by atoms with Crippen molar-refractivity contribution in [1.29, 1.82) is 0 Å². The number of methoxy groups -OCH3 is 1. The van der Waals surface area contributed by atoms with Crippen LogP contribution in [0.1, 0.15) is 34.0 Å². The Morgan fingerprint density at radius 1 is 1.20 bits per heavy atom. The Labute approximate surface area is 147 Å². The molecule has 2 aromatic carbocycles. The average Bonchev–Trinajstić information content (AvgIpc) is 2.98. The molecule has 128 valence electrons. The van der Waals surface area contributed by atoms with Crippen molar-refractivity contribution in [1.82, 2.24) is 9.88 Å². The second-order valence-corrected chi connectivity index (χ2v) is 7.26. The smallest absolute Gasteiger partial charge is 0.165 e. The molecule has 2 aliphatic heterocycles. The molecule has 2 N–H and O–H groups in total. The predicted molar refractivity (Wildman–Crippen MR) is 98.3 cm³/mol. The highest BCUT2D eigenvalue weighted by molar-refractivity contribution is 5.85. The molecular formula is C21H22N2O2. The van der Waals surface area contributed by atoms with E-state index < -0.39 is 0 Å². The fourth-order valence-corrected chi connectivity index (χ4v) is 4.62. The molecule has 1 unspecified atom stereocenters. The van der Waals surface area contributed by atoms with Crippen LogP contribution in [0.3, 0.4) is 0 Å². The van der Waals surface area contributed by atoms with Crippen LogP contribution >= 0.6 is 0 Å². The van der Waals surface area contributed by atoms with Crippen molar-refractivity contribution in [3.05, 3.63) is 58.3 Å². The minimum Gasteiger partial charge on any atom is -0.504 e. The van der Waals surface area contributed by atoms with Gasteiger partial charge in [-0.2, -0.15) is 0 Å². The third kappa shape index (κ3) is 2.10. The van der Waals surface area contributed by atoms with Gasteiger partial charge in [0.15, 0.2) is 11.5 Å². The van der Waals surface area contributed by atoms with Gasteiger partial charge in [-0.25, -0.2) is 0 Å². The zero-order valence-electron chi connectivity index (χ0n) is 14.6. The molecule has 0 amide bonds. The Hall–Kier alpha value is -2.46.